The van der Waals surface area contributed by atoms with Gasteiger partial charge in [-0.3, -0.25) is 19.1 Å². The summed E-state index contributed by atoms with van der Waals surface area (Å²) in [5.41, 5.74) is 3.56. The molecular formula is C32H26ClF3N6O2. The molecule has 0 saturated heterocycles. The molecule has 4 heterocycles. The van der Waals surface area contributed by atoms with Gasteiger partial charge in [0.15, 0.2) is 0 Å². The normalized spacial score (nSPS) is 17.0. The number of aromatic nitrogens is 5. The van der Waals surface area contributed by atoms with Gasteiger partial charge in [0, 0.05) is 51.8 Å². The van der Waals surface area contributed by atoms with Crippen molar-refractivity contribution in [3.63, 3.8) is 0 Å². The molecule has 1 aliphatic heterocycles. The number of pyridine rings is 1. The molecule has 2 bridgehead atoms. The molecule has 8 nitrogen and oxygen atoms in total. The smallest absolute Gasteiger partial charge is 0.325 e. The summed E-state index contributed by atoms with van der Waals surface area (Å²) in [6.45, 7) is -0.975. The molecule has 0 fully saturated rings. The molecule has 0 saturated carbocycles. The van der Waals surface area contributed by atoms with E-state index in [0.29, 0.717) is 73.9 Å². The zero-order valence-electron chi connectivity index (χ0n) is 23.4. The third kappa shape index (κ3) is 5.87. The first-order valence-corrected chi connectivity index (χ1v) is 14.3. The van der Waals surface area contributed by atoms with Gasteiger partial charge in [-0.15, -0.1) is 0 Å². The number of rotatable bonds is 4. The Morgan fingerprint density at radius 1 is 0.955 bits per heavy atom. The van der Waals surface area contributed by atoms with E-state index in [1.807, 2.05) is 6.92 Å². The predicted molar refractivity (Wildman–Crippen MR) is 161 cm³/mol. The Kier molecular flexibility index (Phi) is 8.05. The summed E-state index contributed by atoms with van der Waals surface area (Å²) in [6.07, 6.45) is 7.20. The lowest BCUT2D eigenvalue weighted by molar-refractivity contribution is -0.119. The Labute approximate surface area is 255 Å². The van der Waals surface area contributed by atoms with E-state index in [9.17, 15) is 22.8 Å². The van der Waals surface area contributed by atoms with Crippen molar-refractivity contribution in [2.45, 2.75) is 38.8 Å². The van der Waals surface area contributed by atoms with Crippen LogP contribution in [0.4, 0.5) is 18.9 Å². The van der Waals surface area contributed by atoms with E-state index in [1.165, 1.54) is 47.6 Å². The van der Waals surface area contributed by atoms with Gasteiger partial charge in [-0.05, 0) is 66.4 Å². The molecule has 2 atom stereocenters. The van der Waals surface area contributed by atoms with Crippen molar-refractivity contribution < 1.29 is 18.0 Å². The summed E-state index contributed by atoms with van der Waals surface area (Å²) in [5.74, 6) is -0.956. The van der Waals surface area contributed by atoms with Crippen LogP contribution in [0, 0.1) is 11.7 Å². The SMILES string of the molecule is CC1CCCC(n2cnc(-c3cc(Cl)ccc3-c3cnn(C(F)F)c3)cc2=O)c2cc(ccn2)-c2cc(F)ccc2NC1=O. The fourth-order valence-electron chi connectivity index (χ4n) is 5.45. The van der Waals surface area contributed by atoms with Crippen molar-refractivity contribution in [2.75, 3.05) is 5.32 Å². The Hall–Kier alpha value is -4.77. The minimum Gasteiger partial charge on any atom is -0.325 e. The highest BCUT2D eigenvalue weighted by Gasteiger charge is 2.23. The molecule has 12 heteroatoms. The average Bonchev–Trinajstić information content (AvgIpc) is 3.51. The van der Waals surface area contributed by atoms with Crippen LogP contribution in [0.15, 0.2) is 84.3 Å². The number of hydrogen-bond acceptors (Lipinski definition) is 5. The topological polar surface area (TPSA) is 94.7 Å². The van der Waals surface area contributed by atoms with Crippen LogP contribution in [0.5, 0.6) is 0 Å². The van der Waals surface area contributed by atoms with Crippen LogP contribution in [0.1, 0.15) is 44.5 Å². The number of benzene rings is 2. The molecule has 1 amide bonds. The number of fused-ring (bicyclic) bond motifs is 4. The number of carbonyl (C=O) groups excluding carboxylic acids is 1. The molecule has 0 radical (unpaired) electrons. The summed E-state index contributed by atoms with van der Waals surface area (Å²) in [5, 5.41) is 7.02. The molecule has 224 valence electrons. The van der Waals surface area contributed by atoms with Crippen LogP contribution in [0.2, 0.25) is 5.02 Å². The number of nitrogens with one attached hydrogen (secondary N) is 1. The number of halogens is 4. The zero-order chi connectivity index (χ0) is 31.0. The van der Waals surface area contributed by atoms with E-state index in [1.54, 1.807) is 36.5 Å². The lowest BCUT2D eigenvalue weighted by Gasteiger charge is -2.23. The van der Waals surface area contributed by atoms with Crippen molar-refractivity contribution in [1.29, 1.82) is 0 Å². The van der Waals surface area contributed by atoms with Gasteiger partial charge in [0.25, 0.3) is 5.56 Å². The molecule has 0 aliphatic carbocycles. The zero-order valence-corrected chi connectivity index (χ0v) is 24.2. The van der Waals surface area contributed by atoms with Gasteiger partial charge in [0.2, 0.25) is 5.91 Å². The summed E-state index contributed by atoms with van der Waals surface area (Å²) in [7, 11) is 0. The van der Waals surface area contributed by atoms with Crippen LogP contribution < -0.4 is 10.9 Å². The maximum atomic E-state index is 14.3. The lowest BCUT2D eigenvalue weighted by Crippen LogP contribution is -2.27. The van der Waals surface area contributed by atoms with E-state index in [-0.39, 0.29) is 17.4 Å². The second-order valence-corrected chi connectivity index (χ2v) is 11.1. The van der Waals surface area contributed by atoms with E-state index < -0.39 is 18.4 Å². The second-order valence-electron chi connectivity index (χ2n) is 10.7. The largest absolute Gasteiger partial charge is 0.333 e. The number of amides is 1. The number of nitrogens with zero attached hydrogens (tertiary/aromatic N) is 5. The average molecular weight is 619 g/mol. The van der Waals surface area contributed by atoms with Crippen molar-refractivity contribution in [3.05, 3.63) is 106 Å². The number of hydrogen-bond donors (Lipinski definition) is 1. The number of anilines is 1. The molecule has 0 spiro atoms. The van der Waals surface area contributed by atoms with Gasteiger partial charge in [0.05, 0.1) is 30.0 Å². The molecule has 2 unspecified atom stereocenters. The van der Waals surface area contributed by atoms with Crippen molar-refractivity contribution >= 4 is 23.2 Å². The minimum atomic E-state index is -2.80. The van der Waals surface area contributed by atoms with Gasteiger partial charge in [-0.1, -0.05) is 31.0 Å². The van der Waals surface area contributed by atoms with Crippen molar-refractivity contribution in [1.82, 2.24) is 24.3 Å². The lowest BCUT2D eigenvalue weighted by atomic mass is 9.95. The Bertz CT molecular complexity index is 1920. The highest BCUT2D eigenvalue weighted by Crippen LogP contribution is 2.35. The molecule has 5 aromatic rings. The molecule has 1 aliphatic rings. The number of alkyl halides is 2. The van der Waals surface area contributed by atoms with Crippen LogP contribution in [0.25, 0.3) is 33.5 Å². The van der Waals surface area contributed by atoms with E-state index >= 15 is 0 Å². The first kappa shape index (κ1) is 29.3. The molecular weight excluding hydrogens is 593 g/mol. The third-order valence-electron chi connectivity index (χ3n) is 7.78. The first-order chi connectivity index (χ1) is 21.2. The summed E-state index contributed by atoms with van der Waals surface area (Å²) >= 11 is 6.28. The Morgan fingerprint density at radius 3 is 2.57 bits per heavy atom. The Morgan fingerprint density at radius 2 is 1.80 bits per heavy atom. The van der Waals surface area contributed by atoms with Gasteiger partial charge in [-0.25, -0.2) is 14.1 Å². The van der Waals surface area contributed by atoms with Gasteiger partial charge in [0.1, 0.15) is 5.82 Å². The molecule has 3 aromatic heterocycles. The Balaban J connectivity index is 1.43. The van der Waals surface area contributed by atoms with Crippen LogP contribution >= 0.6 is 11.6 Å². The quantitative estimate of drug-likeness (QED) is 0.227. The van der Waals surface area contributed by atoms with Crippen molar-refractivity contribution in [3.8, 4) is 33.5 Å². The highest BCUT2D eigenvalue weighted by molar-refractivity contribution is 6.31. The fourth-order valence-corrected chi connectivity index (χ4v) is 5.62. The number of carbonyl (C=O) groups is 1. The van der Waals surface area contributed by atoms with E-state index in [0.717, 1.165) is 0 Å². The fraction of sp³-hybridized carbons (Fsp3) is 0.219. The summed E-state index contributed by atoms with van der Waals surface area (Å²) in [4.78, 5) is 35.8. The maximum absolute atomic E-state index is 14.3. The monoisotopic (exact) mass is 618 g/mol. The molecule has 6 rings (SSSR count). The van der Waals surface area contributed by atoms with Crippen LogP contribution in [-0.4, -0.2) is 30.2 Å². The van der Waals surface area contributed by atoms with Crippen molar-refractivity contribution in [2.24, 2.45) is 5.92 Å². The summed E-state index contributed by atoms with van der Waals surface area (Å²) < 4.78 is 42.7. The van der Waals surface area contributed by atoms with Crippen LogP contribution in [0.3, 0.4) is 0 Å². The molecule has 1 N–H and O–H groups in total. The first-order valence-electron chi connectivity index (χ1n) is 14.0. The minimum absolute atomic E-state index is 0.177. The molecule has 44 heavy (non-hydrogen) atoms. The van der Waals surface area contributed by atoms with E-state index in [4.69, 9.17) is 11.6 Å². The highest BCUT2D eigenvalue weighted by atomic mass is 35.5. The van der Waals surface area contributed by atoms with E-state index in [2.05, 4.69) is 20.4 Å². The predicted octanol–water partition coefficient (Wildman–Crippen LogP) is 7.37. The van der Waals surface area contributed by atoms with Gasteiger partial charge >= 0.3 is 6.55 Å². The van der Waals surface area contributed by atoms with Gasteiger partial charge in [-0.2, -0.15) is 13.9 Å². The molecule has 2 aromatic carbocycles. The maximum Gasteiger partial charge on any atom is 0.333 e. The second kappa shape index (κ2) is 12.1. The van der Waals surface area contributed by atoms with Gasteiger partial charge < -0.3 is 5.32 Å². The summed E-state index contributed by atoms with van der Waals surface area (Å²) in [6, 6.07) is 13.4. The third-order valence-corrected chi connectivity index (χ3v) is 8.01. The standard InChI is InChI=1S/C32H26ClF3N6O2/c1-18-3-2-4-29(28-11-19(9-10-37-28)24-13-22(34)6-8-26(24)40-31(18)44)41-17-38-27(14-30(41)43)25-12-21(33)5-7-23(25)20-15-39-42(16-20)32(35)36/h5-18,29,32H,2-4H2,1H3,(H,40,44). The van der Waals surface area contributed by atoms with Crippen LogP contribution in [-0.2, 0) is 4.79 Å².